The second kappa shape index (κ2) is 7.85. The van der Waals surface area contributed by atoms with Gasteiger partial charge >= 0.3 is 12.0 Å². The van der Waals surface area contributed by atoms with Crippen LogP contribution in [0.5, 0.6) is 0 Å². The van der Waals surface area contributed by atoms with Crippen molar-refractivity contribution in [3.8, 4) is 11.3 Å². The van der Waals surface area contributed by atoms with Crippen LogP contribution in [-0.4, -0.2) is 27.3 Å². The molecule has 0 aliphatic carbocycles. The molecule has 0 radical (unpaired) electrons. The Labute approximate surface area is 166 Å². The van der Waals surface area contributed by atoms with E-state index in [1.54, 1.807) is 24.3 Å². The monoisotopic (exact) mass is 386 g/mol. The van der Waals surface area contributed by atoms with Crippen LogP contribution < -0.4 is 10.6 Å². The lowest BCUT2D eigenvalue weighted by Crippen LogP contribution is -2.28. The summed E-state index contributed by atoms with van der Waals surface area (Å²) in [5.74, 6) is -0.996. The van der Waals surface area contributed by atoms with E-state index in [0.717, 1.165) is 16.6 Å². The van der Waals surface area contributed by atoms with E-state index in [4.69, 9.17) is 0 Å². The number of benzene rings is 3. The van der Waals surface area contributed by atoms with E-state index in [0.29, 0.717) is 23.3 Å². The SMILES string of the molecule is O=C(NCc1ccccc1)Nc1cccc(-c2n[nH]c3ccc(C(=O)O)cc23)c1. The fraction of sp³-hybridized carbons (Fsp3) is 0.0455. The Morgan fingerprint density at radius 1 is 0.966 bits per heavy atom. The second-order valence-electron chi connectivity index (χ2n) is 6.51. The molecule has 4 rings (SSSR count). The molecule has 0 aliphatic heterocycles. The van der Waals surface area contributed by atoms with Gasteiger partial charge in [0.15, 0.2) is 0 Å². The number of carbonyl (C=O) groups excluding carboxylic acids is 1. The van der Waals surface area contributed by atoms with E-state index >= 15 is 0 Å². The summed E-state index contributed by atoms with van der Waals surface area (Å²) in [6.07, 6.45) is 0. The lowest BCUT2D eigenvalue weighted by Gasteiger charge is -2.09. The predicted molar refractivity (Wildman–Crippen MR) is 111 cm³/mol. The standard InChI is InChI=1S/C22H18N4O3/c27-21(28)16-9-10-19-18(12-16)20(26-25-19)15-7-4-8-17(11-15)24-22(29)23-13-14-5-2-1-3-6-14/h1-12H,13H2,(H,25,26)(H,27,28)(H2,23,24,29). The van der Waals surface area contributed by atoms with Crippen molar-refractivity contribution in [3.05, 3.63) is 83.9 Å². The van der Waals surface area contributed by atoms with E-state index in [-0.39, 0.29) is 11.6 Å². The van der Waals surface area contributed by atoms with Crippen molar-refractivity contribution >= 4 is 28.6 Å². The third kappa shape index (κ3) is 4.08. The fourth-order valence-corrected chi connectivity index (χ4v) is 3.06. The van der Waals surface area contributed by atoms with Gasteiger partial charge in [0, 0.05) is 23.2 Å². The number of aromatic carboxylic acids is 1. The molecule has 0 unspecified atom stereocenters. The van der Waals surface area contributed by atoms with E-state index in [2.05, 4.69) is 20.8 Å². The minimum atomic E-state index is -0.996. The molecule has 29 heavy (non-hydrogen) atoms. The van der Waals surface area contributed by atoms with Gasteiger partial charge in [0.25, 0.3) is 0 Å². The average Bonchev–Trinajstić information content (AvgIpc) is 3.16. The van der Waals surface area contributed by atoms with Gasteiger partial charge in [-0.25, -0.2) is 9.59 Å². The zero-order valence-electron chi connectivity index (χ0n) is 15.3. The van der Waals surface area contributed by atoms with Crippen molar-refractivity contribution < 1.29 is 14.7 Å². The first-order chi connectivity index (χ1) is 14.1. The molecule has 2 amide bonds. The topological polar surface area (TPSA) is 107 Å². The lowest BCUT2D eigenvalue weighted by atomic mass is 10.1. The fourth-order valence-electron chi connectivity index (χ4n) is 3.06. The van der Waals surface area contributed by atoms with Crippen molar-refractivity contribution in [1.29, 1.82) is 0 Å². The summed E-state index contributed by atoms with van der Waals surface area (Å²) in [5, 5.41) is 22.8. The minimum absolute atomic E-state index is 0.190. The van der Waals surface area contributed by atoms with Gasteiger partial charge in [-0.3, -0.25) is 5.10 Å². The number of aromatic amines is 1. The number of carboxylic acids is 1. The summed E-state index contributed by atoms with van der Waals surface area (Å²) in [6, 6.07) is 21.4. The Morgan fingerprint density at radius 2 is 1.79 bits per heavy atom. The normalized spacial score (nSPS) is 10.6. The Hall–Kier alpha value is -4.13. The zero-order chi connectivity index (χ0) is 20.2. The first-order valence-corrected chi connectivity index (χ1v) is 9.01. The van der Waals surface area contributed by atoms with Gasteiger partial charge in [-0.05, 0) is 35.9 Å². The largest absolute Gasteiger partial charge is 0.478 e. The number of nitrogens with one attached hydrogen (secondary N) is 3. The first-order valence-electron chi connectivity index (χ1n) is 9.01. The number of rotatable bonds is 5. The highest BCUT2D eigenvalue weighted by atomic mass is 16.4. The molecule has 0 atom stereocenters. The molecular weight excluding hydrogens is 368 g/mol. The van der Waals surface area contributed by atoms with Gasteiger partial charge in [0.2, 0.25) is 0 Å². The summed E-state index contributed by atoms with van der Waals surface area (Å²) in [6.45, 7) is 0.425. The van der Waals surface area contributed by atoms with Gasteiger partial charge in [-0.1, -0.05) is 42.5 Å². The molecule has 1 heterocycles. The van der Waals surface area contributed by atoms with Crippen LogP contribution >= 0.6 is 0 Å². The number of fused-ring (bicyclic) bond motifs is 1. The molecule has 0 spiro atoms. The molecule has 0 saturated carbocycles. The molecule has 1 aromatic heterocycles. The van der Waals surface area contributed by atoms with Crippen LogP contribution in [0.3, 0.4) is 0 Å². The molecule has 4 aromatic rings. The highest BCUT2D eigenvalue weighted by Gasteiger charge is 2.12. The number of H-pyrrole nitrogens is 1. The lowest BCUT2D eigenvalue weighted by molar-refractivity contribution is 0.0697. The van der Waals surface area contributed by atoms with E-state index < -0.39 is 5.97 Å². The van der Waals surface area contributed by atoms with Crippen molar-refractivity contribution in [1.82, 2.24) is 15.5 Å². The smallest absolute Gasteiger partial charge is 0.335 e. The molecule has 4 N–H and O–H groups in total. The van der Waals surface area contributed by atoms with Gasteiger partial charge < -0.3 is 15.7 Å². The minimum Gasteiger partial charge on any atom is -0.478 e. The average molecular weight is 386 g/mol. The number of urea groups is 1. The van der Waals surface area contributed by atoms with Gasteiger partial charge in [0.05, 0.1) is 16.8 Å². The van der Waals surface area contributed by atoms with E-state index in [1.165, 1.54) is 6.07 Å². The van der Waals surface area contributed by atoms with Crippen molar-refractivity contribution in [2.45, 2.75) is 6.54 Å². The highest BCUT2D eigenvalue weighted by molar-refractivity contribution is 5.99. The molecule has 0 saturated heterocycles. The number of hydrogen-bond acceptors (Lipinski definition) is 3. The maximum absolute atomic E-state index is 12.2. The van der Waals surface area contributed by atoms with Crippen LogP contribution in [0.1, 0.15) is 15.9 Å². The molecule has 7 nitrogen and oxygen atoms in total. The van der Waals surface area contributed by atoms with Crippen molar-refractivity contribution in [3.63, 3.8) is 0 Å². The van der Waals surface area contributed by atoms with Crippen LogP contribution in [0.25, 0.3) is 22.2 Å². The summed E-state index contributed by atoms with van der Waals surface area (Å²) in [4.78, 5) is 23.5. The maximum atomic E-state index is 12.2. The second-order valence-corrected chi connectivity index (χ2v) is 6.51. The first kappa shape index (κ1) is 18.2. The summed E-state index contributed by atoms with van der Waals surface area (Å²) in [5.41, 5.74) is 3.93. The third-order valence-electron chi connectivity index (χ3n) is 4.50. The number of aromatic nitrogens is 2. The van der Waals surface area contributed by atoms with Crippen LogP contribution in [0.2, 0.25) is 0 Å². The Kier molecular flexibility index (Phi) is 4.94. The van der Waals surface area contributed by atoms with Crippen LogP contribution in [0.15, 0.2) is 72.8 Å². The molecule has 3 aromatic carbocycles. The number of anilines is 1. The van der Waals surface area contributed by atoms with E-state index in [1.807, 2.05) is 42.5 Å². The molecule has 0 fully saturated rings. The van der Waals surface area contributed by atoms with Crippen molar-refractivity contribution in [2.24, 2.45) is 0 Å². The Morgan fingerprint density at radius 3 is 2.59 bits per heavy atom. The van der Waals surface area contributed by atoms with Crippen molar-refractivity contribution in [2.75, 3.05) is 5.32 Å². The van der Waals surface area contributed by atoms with Gasteiger partial charge in [-0.15, -0.1) is 0 Å². The highest BCUT2D eigenvalue weighted by Crippen LogP contribution is 2.28. The third-order valence-corrected chi connectivity index (χ3v) is 4.50. The number of carboxylic acid groups (broad SMARTS) is 1. The molecule has 0 bridgehead atoms. The molecule has 144 valence electrons. The predicted octanol–water partition coefficient (Wildman–Crippen LogP) is 4.25. The van der Waals surface area contributed by atoms with Gasteiger partial charge in [0.1, 0.15) is 0 Å². The number of carbonyl (C=O) groups is 2. The van der Waals surface area contributed by atoms with Crippen LogP contribution in [0.4, 0.5) is 10.5 Å². The zero-order valence-corrected chi connectivity index (χ0v) is 15.3. The van der Waals surface area contributed by atoms with E-state index in [9.17, 15) is 14.7 Å². The Balaban J connectivity index is 1.53. The van der Waals surface area contributed by atoms with Crippen LogP contribution in [-0.2, 0) is 6.54 Å². The summed E-state index contributed by atoms with van der Waals surface area (Å²) < 4.78 is 0. The molecule has 0 aliphatic rings. The van der Waals surface area contributed by atoms with Gasteiger partial charge in [-0.2, -0.15) is 5.10 Å². The Bertz CT molecular complexity index is 1190. The van der Waals surface area contributed by atoms with Crippen LogP contribution in [0, 0.1) is 0 Å². The quantitative estimate of drug-likeness (QED) is 0.411. The summed E-state index contributed by atoms with van der Waals surface area (Å²) in [7, 11) is 0. The summed E-state index contributed by atoms with van der Waals surface area (Å²) >= 11 is 0. The number of nitrogens with zero attached hydrogens (tertiary/aromatic N) is 1. The maximum Gasteiger partial charge on any atom is 0.335 e. The molecular formula is C22H18N4O3. The number of hydrogen-bond donors (Lipinski definition) is 4. The molecule has 7 heteroatoms. The number of amides is 2.